The molecule has 1 unspecified atom stereocenters. The van der Waals surface area contributed by atoms with Gasteiger partial charge in [-0.25, -0.2) is 0 Å². The molecule has 2 nitrogen and oxygen atoms in total. The SMILES string of the molecule is CC1CCC(NC2CCOC(C)(C)C2)CC1. The Morgan fingerprint density at radius 3 is 2.31 bits per heavy atom. The molecule has 2 heteroatoms. The molecule has 2 fully saturated rings. The van der Waals surface area contributed by atoms with Gasteiger partial charge in [-0.15, -0.1) is 0 Å². The van der Waals surface area contributed by atoms with E-state index in [9.17, 15) is 0 Å². The third-order valence-electron chi connectivity index (χ3n) is 4.18. The number of ether oxygens (including phenoxy) is 1. The first-order valence-corrected chi connectivity index (χ1v) is 6.95. The number of rotatable bonds is 2. The molecular weight excluding hydrogens is 198 g/mol. The molecule has 1 aliphatic heterocycles. The van der Waals surface area contributed by atoms with Gasteiger partial charge in [-0.1, -0.05) is 6.92 Å². The summed E-state index contributed by atoms with van der Waals surface area (Å²) in [5.74, 6) is 0.948. The predicted octanol–water partition coefficient (Wildman–Crippen LogP) is 3.11. The van der Waals surface area contributed by atoms with Gasteiger partial charge in [0.25, 0.3) is 0 Å². The van der Waals surface area contributed by atoms with E-state index < -0.39 is 0 Å². The molecule has 1 saturated carbocycles. The molecular formula is C14H27NO. The molecule has 1 heterocycles. The summed E-state index contributed by atoms with van der Waals surface area (Å²) in [5, 5.41) is 3.85. The van der Waals surface area contributed by atoms with Gasteiger partial charge < -0.3 is 10.1 Å². The van der Waals surface area contributed by atoms with Gasteiger partial charge in [0, 0.05) is 18.7 Å². The van der Waals surface area contributed by atoms with Crippen molar-refractivity contribution in [1.29, 1.82) is 0 Å². The lowest BCUT2D eigenvalue weighted by atomic mass is 9.86. The van der Waals surface area contributed by atoms with Crippen molar-refractivity contribution in [2.45, 2.75) is 77.0 Å². The highest BCUT2D eigenvalue weighted by atomic mass is 16.5. The highest BCUT2D eigenvalue weighted by Gasteiger charge is 2.30. The van der Waals surface area contributed by atoms with Crippen molar-refractivity contribution in [2.75, 3.05) is 6.61 Å². The largest absolute Gasteiger partial charge is 0.375 e. The van der Waals surface area contributed by atoms with Gasteiger partial charge in [-0.3, -0.25) is 0 Å². The molecule has 2 rings (SSSR count). The van der Waals surface area contributed by atoms with E-state index in [-0.39, 0.29) is 5.60 Å². The van der Waals surface area contributed by atoms with Crippen LogP contribution in [-0.2, 0) is 4.74 Å². The second-order valence-corrected chi connectivity index (χ2v) is 6.42. The monoisotopic (exact) mass is 225 g/mol. The Morgan fingerprint density at radius 1 is 1.00 bits per heavy atom. The molecule has 1 aliphatic carbocycles. The number of hydrogen-bond donors (Lipinski definition) is 1. The molecule has 1 N–H and O–H groups in total. The summed E-state index contributed by atoms with van der Waals surface area (Å²) in [7, 11) is 0. The minimum Gasteiger partial charge on any atom is -0.375 e. The third-order valence-corrected chi connectivity index (χ3v) is 4.18. The van der Waals surface area contributed by atoms with Crippen molar-refractivity contribution in [1.82, 2.24) is 5.32 Å². The van der Waals surface area contributed by atoms with E-state index in [1.807, 2.05) is 0 Å². The van der Waals surface area contributed by atoms with E-state index >= 15 is 0 Å². The third kappa shape index (κ3) is 3.46. The van der Waals surface area contributed by atoms with E-state index in [1.165, 1.54) is 38.5 Å². The lowest BCUT2D eigenvalue weighted by molar-refractivity contribution is -0.0647. The molecule has 94 valence electrons. The summed E-state index contributed by atoms with van der Waals surface area (Å²) in [6, 6.07) is 1.46. The van der Waals surface area contributed by atoms with E-state index in [2.05, 4.69) is 26.1 Å². The van der Waals surface area contributed by atoms with Crippen molar-refractivity contribution in [3.63, 3.8) is 0 Å². The fraction of sp³-hybridized carbons (Fsp3) is 1.00. The van der Waals surface area contributed by atoms with Gasteiger partial charge >= 0.3 is 0 Å². The van der Waals surface area contributed by atoms with Crippen LogP contribution in [0.25, 0.3) is 0 Å². The van der Waals surface area contributed by atoms with E-state index in [4.69, 9.17) is 4.74 Å². The fourth-order valence-electron chi connectivity index (χ4n) is 3.13. The molecule has 1 saturated heterocycles. The second-order valence-electron chi connectivity index (χ2n) is 6.42. The molecule has 0 aromatic rings. The Balaban J connectivity index is 1.76. The van der Waals surface area contributed by atoms with Crippen LogP contribution < -0.4 is 5.32 Å². The molecule has 2 aliphatic rings. The highest BCUT2D eigenvalue weighted by Crippen LogP contribution is 2.27. The Bertz CT molecular complexity index is 219. The van der Waals surface area contributed by atoms with Gasteiger partial charge in [0.15, 0.2) is 0 Å². The molecule has 0 bridgehead atoms. The zero-order chi connectivity index (χ0) is 11.6. The Kier molecular flexibility index (Phi) is 3.91. The minimum absolute atomic E-state index is 0.0812. The van der Waals surface area contributed by atoms with E-state index in [1.54, 1.807) is 0 Å². The smallest absolute Gasteiger partial charge is 0.0641 e. The van der Waals surface area contributed by atoms with Gasteiger partial charge in [-0.05, 0) is 58.3 Å². The molecule has 0 radical (unpaired) electrons. The number of hydrogen-bond acceptors (Lipinski definition) is 2. The Labute approximate surface area is 100 Å². The van der Waals surface area contributed by atoms with Gasteiger partial charge in [0.1, 0.15) is 0 Å². The minimum atomic E-state index is 0.0812. The van der Waals surface area contributed by atoms with Gasteiger partial charge in [0.2, 0.25) is 0 Å². The van der Waals surface area contributed by atoms with Crippen LogP contribution in [0.4, 0.5) is 0 Å². The maximum absolute atomic E-state index is 5.76. The molecule has 16 heavy (non-hydrogen) atoms. The maximum atomic E-state index is 5.76. The molecule has 0 spiro atoms. The van der Waals surface area contributed by atoms with Crippen LogP contribution in [-0.4, -0.2) is 24.3 Å². The summed E-state index contributed by atoms with van der Waals surface area (Å²) < 4.78 is 5.76. The summed E-state index contributed by atoms with van der Waals surface area (Å²) in [5.41, 5.74) is 0.0812. The molecule has 0 aromatic carbocycles. The summed E-state index contributed by atoms with van der Waals surface area (Å²) >= 11 is 0. The quantitative estimate of drug-likeness (QED) is 0.779. The van der Waals surface area contributed by atoms with Crippen molar-refractivity contribution in [2.24, 2.45) is 5.92 Å². The number of nitrogens with one attached hydrogen (secondary N) is 1. The first kappa shape index (κ1) is 12.4. The summed E-state index contributed by atoms with van der Waals surface area (Å²) in [4.78, 5) is 0. The average molecular weight is 225 g/mol. The highest BCUT2D eigenvalue weighted by molar-refractivity contribution is 4.86. The zero-order valence-corrected chi connectivity index (χ0v) is 11.1. The Hall–Kier alpha value is -0.0800. The summed E-state index contributed by atoms with van der Waals surface area (Å²) in [6.07, 6.45) is 7.92. The van der Waals surface area contributed by atoms with E-state index in [0.717, 1.165) is 18.6 Å². The first-order valence-electron chi connectivity index (χ1n) is 6.95. The van der Waals surface area contributed by atoms with Crippen LogP contribution in [0.3, 0.4) is 0 Å². The maximum Gasteiger partial charge on any atom is 0.0641 e. The van der Waals surface area contributed by atoms with E-state index in [0.29, 0.717) is 6.04 Å². The van der Waals surface area contributed by atoms with Crippen molar-refractivity contribution in [3.05, 3.63) is 0 Å². The second kappa shape index (κ2) is 5.05. The Morgan fingerprint density at radius 2 is 1.69 bits per heavy atom. The van der Waals surface area contributed by atoms with Gasteiger partial charge in [0.05, 0.1) is 5.60 Å². The predicted molar refractivity (Wildman–Crippen MR) is 67.6 cm³/mol. The lowest BCUT2D eigenvalue weighted by Crippen LogP contribution is -2.48. The van der Waals surface area contributed by atoms with Gasteiger partial charge in [-0.2, -0.15) is 0 Å². The van der Waals surface area contributed by atoms with Crippen molar-refractivity contribution < 1.29 is 4.74 Å². The molecule has 1 atom stereocenters. The molecule has 0 aromatic heterocycles. The van der Waals surface area contributed by atoms with Crippen LogP contribution in [0.15, 0.2) is 0 Å². The van der Waals surface area contributed by atoms with Crippen LogP contribution in [0, 0.1) is 5.92 Å². The van der Waals surface area contributed by atoms with Crippen LogP contribution in [0.5, 0.6) is 0 Å². The molecule has 0 amide bonds. The fourth-order valence-corrected chi connectivity index (χ4v) is 3.13. The zero-order valence-electron chi connectivity index (χ0n) is 11.1. The van der Waals surface area contributed by atoms with Crippen molar-refractivity contribution in [3.8, 4) is 0 Å². The standard InChI is InChI=1S/C14H27NO/c1-11-4-6-12(7-5-11)15-13-8-9-16-14(2,3)10-13/h11-13,15H,4-10H2,1-3H3. The summed E-state index contributed by atoms with van der Waals surface area (Å²) in [6.45, 7) is 7.73. The first-order chi connectivity index (χ1) is 7.55. The van der Waals surface area contributed by atoms with Crippen LogP contribution in [0.1, 0.15) is 59.3 Å². The lowest BCUT2D eigenvalue weighted by Gasteiger charge is -2.39. The average Bonchev–Trinajstić information content (AvgIpc) is 2.20. The van der Waals surface area contributed by atoms with Crippen molar-refractivity contribution >= 4 is 0 Å². The normalized spacial score (nSPS) is 39.6. The van der Waals surface area contributed by atoms with Crippen LogP contribution in [0.2, 0.25) is 0 Å². The van der Waals surface area contributed by atoms with Crippen LogP contribution >= 0.6 is 0 Å². The topological polar surface area (TPSA) is 21.3 Å².